The number of nitriles is 1. The maximum Gasteiger partial charge on any atom is 0.263 e. The molecule has 8 nitrogen and oxygen atoms in total. The summed E-state index contributed by atoms with van der Waals surface area (Å²) in [6.45, 7) is -0.165. The van der Waals surface area contributed by atoms with Crippen LogP contribution in [0.5, 0.6) is 0 Å². The molecule has 0 spiro atoms. The number of tetrazole rings is 1. The predicted molar refractivity (Wildman–Crippen MR) is 95.2 cm³/mol. The molecule has 1 N–H and O–H groups in total. The minimum absolute atomic E-state index is 0.165. The summed E-state index contributed by atoms with van der Waals surface area (Å²) in [7, 11) is 0. The lowest BCUT2D eigenvalue weighted by atomic mass is 10.1. The minimum atomic E-state index is -0.425. The van der Waals surface area contributed by atoms with Gasteiger partial charge in [0, 0.05) is 16.1 Å². The Morgan fingerprint density at radius 3 is 2.85 bits per heavy atom. The summed E-state index contributed by atoms with van der Waals surface area (Å²) in [6.07, 6.45) is 1.45. The van der Waals surface area contributed by atoms with Gasteiger partial charge in [0.05, 0.1) is 17.8 Å². The molecule has 128 valence electrons. The van der Waals surface area contributed by atoms with E-state index < -0.39 is 5.91 Å². The van der Waals surface area contributed by atoms with E-state index in [4.69, 9.17) is 16.9 Å². The molecule has 2 aromatic carbocycles. The standard InChI is InChI=1S/C17H12ClN7O/c18-15-8-4-2-6-13(15)10-20-21-16(26)11-25-23-17(22-24-25)14-7-3-1-5-12(14)9-19/h1-8,10H,11H2,(H,21,26)/b20-10-. The van der Waals surface area contributed by atoms with Crippen molar-refractivity contribution in [2.45, 2.75) is 6.54 Å². The molecule has 0 aliphatic heterocycles. The van der Waals surface area contributed by atoms with E-state index in [2.05, 4.69) is 32.0 Å². The Balaban J connectivity index is 1.63. The highest BCUT2D eigenvalue weighted by atomic mass is 35.5. The largest absolute Gasteiger partial charge is 0.271 e. The van der Waals surface area contributed by atoms with Gasteiger partial charge in [-0.2, -0.15) is 15.2 Å². The fraction of sp³-hybridized carbons (Fsp3) is 0.0588. The molecule has 1 amide bonds. The third-order valence-electron chi connectivity index (χ3n) is 3.32. The van der Waals surface area contributed by atoms with Crippen LogP contribution in [-0.4, -0.2) is 32.3 Å². The number of rotatable bonds is 5. The molecule has 1 aromatic heterocycles. The minimum Gasteiger partial charge on any atom is -0.271 e. The first-order chi connectivity index (χ1) is 12.7. The smallest absolute Gasteiger partial charge is 0.263 e. The van der Waals surface area contributed by atoms with Gasteiger partial charge in [-0.25, -0.2) is 5.43 Å². The summed E-state index contributed by atoms with van der Waals surface area (Å²) < 4.78 is 0. The van der Waals surface area contributed by atoms with Crippen molar-refractivity contribution in [1.29, 1.82) is 5.26 Å². The summed E-state index contributed by atoms with van der Waals surface area (Å²) in [5.74, 6) is -0.152. The van der Waals surface area contributed by atoms with E-state index in [-0.39, 0.29) is 12.4 Å². The Hall–Kier alpha value is -3.57. The Morgan fingerprint density at radius 1 is 1.27 bits per heavy atom. The average molecular weight is 366 g/mol. The van der Waals surface area contributed by atoms with Crippen LogP contribution in [0.1, 0.15) is 11.1 Å². The topological polar surface area (TPSA) is 109 Å². The molecular weight excluding hydrogens is 354 g/mol. The Morgan fingerprint density at radius 2 is 2.04 bits per heavy atom. The Kier molecular flexibility index (Phi) is 5.31. The second-order valence-electron chi connectivity index (χ2n) is 5.12. The van der Waals surface area contributed by atoms with Crippen molar-refractivity contribution < 1.29 is 4.79 Å². The van der Waals surface area contributed by atoms with E-state index in [1.165, 1.54) is 6.21 Å². The van der Waals surface area contributed by atoms with Gasteiger partial charge in [-0.3, -0.25) is 4.79 Å². The molecule has 0 atom stereocenters. The molecule has 0 aliphatic rings. The van der Waals surface area contributed by atoms with Gasteiger partial charge < -0.3 is 0 Å². The number of halogens is 1. The van der Waals surface area contributed by atoms with Gasteiger partial charge in [0.15, 0.2) is 0 Å². The highest BCUT2D eigenvalue weighted by Gasteiger charge is 2.12. The van der Waals surface area contributed by atoms with E-state index in [1.54, 1.807) is 42.5 Å². The van der Waals surface area contributed by atoms with Crippen LogP contribution >= 0.6 is 11.6 Å². The molecule has 0 bridgehead atoms. The molecule has 0 unspecified atom stereocenters. The number of carbonyl (C=O) groups excluding carboxylic acids is 1. The lowest BCUT2D eigenvalue weighted by Crippen LogP contribution is -2.24. The summed E-state index contributed by atoms with van der Waals surface area (Å²) in [4.78, 5) is 13.0. The first kappa shape index (κ1) is 17.3. The zero-order valence-electron chi connectivity index (χ0n) is 13.4. The summed E-state index contributed by atoms with van der Waals surface area (Å²) in [6, 6.07) is 16.1. The molecule has 0 saturated carbocycles. The molecular formula is C17H12ClN7O. The van der Waals surface area contributed by atoms with E-state index in [0.717, 1.165) is 4.80 Å². The van der Waals surface area contributed by atoms with Crippen LogP contribution in [0.2, 0.25) is 5.02 Å². The fourth-order valence-electron chi connectivity index (χ4n) is 2.11. The molecule has 26 heavy (non-hydrogen) atoms. The van der Waals surface area contributed by atoms with Crippen molar-refractivity contribution >= 4 is 23.7 Å². The van der Waals surface area contributed by atoms with Crippen LogP contribution in [0.25, 0.3) is 11.4 Å². The second kappa shape index (κ2) is 8.00. The number of carbonyl (C=O) groups is 1. The van der Waals surface area contributed by atoms with Gasteiger partial charge in [-0.15, -0.1) is 10.2 Å². The van der Waals surface area contributed by atoms with Gasteiger partial charge >= 0.3 is 0 Å². The van der Waals surface area contributed by atoms with Crippen LogP contribution in [0.15, 0.2) is 53.6 Å². The van der Waals surface area contributed by atoms with Crippen LogP contribution in [0, 0.1) is 11.3 Å². The normalized spacial score (nSPS) is 10.6. The molecule has 0 fully saturated rings. The second-order valence-corrected chi connectivity index (χ2v) is 5.52. The summed E-state index contributed by atoms with van der Waals surface area (Å²) in [5, 5.41) is 25.3. The molecule has 3 rings (SSSR count). The van der Waals surface area contributed by atoms with Crippen molar-refractivity contribution in [3.05, 3.63) is 64.7 Å². The number of amides is 1. The van der Waals surface area contributed by atoms with Crippen molar-refractivity contribution in [3.63, 3.8) is 0 Å². The number of aromatic nitrogens is 4. The maximum atomic E-state index is 11.9. The number of hydrogen-bond donors (Lipinski definition) is 1. The SMILES string of the molecule is N#Cc1ccccc1-c1nnn(CC(=O)N/N=C\c2ccccc2Cl)n1. The monoisotopic (exact) mass is 365 g/mol. The van der Waals surface area contributed by atoms with Crippen molar-refractivity contribution in [3.8, 4) is 17.5 Å². The van der Waals surface area contributed by atoms with E-state index in [9.17, 15) is 4.79 Å². The third-order valence-corrected chi connectivity index (χ3v) is 3.67. The lowest BCUT2D eigenvalue weighted by Gasteiger charge is -1.99. The molecule has 3 aromatic rings. The zero-order valence-corrected chi connectivity index (χ0v) is 14.1. The molecule has 0 saturated heterocycles. The lowest BCUT2D eigenvalue weighted by molar-refractivity contribution is -0.122. The fourth-order valence-corrected chi connectivity index (χ4v) is 2.30. The van der Waals surface area contributed by atoms with Crippen LogP contribution in [0.4, 0.5) is 0 Å². The first-order valence-electron chi connectivity index (χ1n) is 7.51. The number of nitrogens with one attached hydrogen (secondary N) is 1. The molecule has 1 heterocycles. The first-order valence-corrected chi connectivity index (χ1v) is 7.89. The van der Waals surface area contributed by atoms with Crippen LogP contribution < -0.4 is 5.43 Å². The number of hydrazone groups is 1. The quantitative estimate of drug-likeness (QED) is 0.549. The van der Waals surface area contributed by atoms with Gasteiger partial charge in [0.1, 0.15) is 6.54 Å². The molecule has 9 heteroatoms. The number of hydrogen-bond acceptors (Lipinski definition) is 6. The highest BCUT2D eigenvalue weighted by Crippen LogP contribution is 2.18. The molecule has 0 aliphatic carbocycles. The van der Waals surface area contributed by atoms with Gasteiger partial charge in [-0.05, 0) is 23.4 Å². The van der Waals surface area contributed by atoms with Crippen molar-refractivity contribution in [2.75, 3.05) is 0 Å². The number of nitrogens with zero attached hydrogens (tertiary/aromatic N) is 6. The molecule has 0 radical (unpaired) electrons. The van der Waals surface area contributed by atoms with Gasteiger partial charge in [-0.1, -0.05) is 41.9 Å². The van der Waals surface area contributed by atoms with Crippen molar-refractivity contribution in [1.82, 2.24) is 25.6 Å². The number of benzene rings is 2. The predicted octanol–water partition coefficient (Wildman–Crippen LogP) is 2.02. The summed E-state index contributed by atoms with van der Waals surface area (Å²) in [5.41, 5.74) is 4.04. The van der Waals surface area contributed by atoms with E-state index >= 15 is 0 Å². The van der Waals surface area contributed by atoms with E-state index in [1.807, 2.05) is 6.07 Å². The average Bonchev–Trinajstić information content (AvgIpc) is 3.11. The van der Waals surface area contributed by atoms with Gasteiger partial charge in [0.2, 0.25) is 5.82 Å². The van der Waals surface area contributed by atoms with Crippen molar-refractivity contribution in [2.24, 2.45) is 5.10 Å². The summed E-state index contributed by atoms with van der Waals surface area (Å²) >= 11 is 6.00. The van der Waals surface area contributed by atoms with Gasteiger partial charge in [0.25, 0.3) is 5.91 Å². The van der Waals surface area contributed by atoms with Crippen LogP contribution in [0.3, 0.4) is 0 Å². The Labute approximate surface area is 153 Å². The third kappa shape index (κ3) is 4.09. The van der Waals surface area contributed by atoms with E-state index in [0.29, 0.717) is 21.7 Å². The maximum absolute atomic E-state index is 11.9. The van der Waals surface area contributed by atoms with Crippen LogP contribution in [-0.2, 0) is 11.3 Å². The highest BCUT2D eigenvalue weighted by molar-refractivity contribution is 6.33. The Bertz CT molecular complexity index is 1010. The zero-order chi connectivity index (χ0) is 18.4.